The average molecular weight is 871 g/mol. The van der Waals surface area contributed by atoms with Crippen molar-refractivity contribution in [3.05, 3.63) is 0 Å². The summed E-state index contributed by atoms with van der Waals surface area (Å²) in [6.45, 7) is 24.0. The van der Waals surface area contributed by atoms with Gasteiger partial charge >= 0.3 is 15.6 Å². The van der Waals surface area contributed by atoms with Crippen LogP contribution in [-0.2, 0) is 32.2 Å². The van der Waals surface area contributed by atoms with Gasteiger partial charge in [0.1, 0.15) is 6.10 Å². The summed E-state index contributed by atoms with van der Waals surface area (Å²) in [6, 6.07) is 0. The maximum Gasteiger partial charge on any atom is 0.472 e. The molecule has 0 aromatic carbocycles. The Hall–Kier alpha value is 0.140. The first-order valence-corrected chi connectivity index (χ1v) is 26.8. The Morgan fingerprint density at radius 1 is 0.379 bits per heavy atom. The van der Waals surface area contributed by atoms with Crippen LogP contribution >= 0.6 is 15.6 Å². The van der Waals surface area contributed by atoms with Crippen LogP contribution in [0.2, 0.25) is 0 Å². The third kappa shape index (κ3) is 40.2. The van der Waals surface area contributed by atoms with Crippen molar-refractivity contribution in [2.75, 3.05) is 39.6 Å². The summed E-state index contributed by atoms with van der Waals surface area (Å²) in [5.74, 6) is 5.85. The molecule has 12 heteroatoms. The number of phosphoric acid groups is 2. The predicted octanol–water partition coefficient (Wildman–Crippen LogP) is 14.0. The zero-order valence-corrected chi connectivity index (χ0v) is 41.2. The molecule has 0 aliphatic carbocycles. The highest BCUT2D eigenvalue weighted by atomic mass is 31.2. The monoisotopic (exact) mass is 871 g/mol. The van der Waals surface area contributed by atoms with Crippen LogP contribution in [0.5, 0.6) is 0 Å². The maximum absolute atomic E-state index is 12.5. The second-order valence-electron chi connectivity index (χ2n) is 19.4. The van der Waals surface area contributed by atoms with Gasteiger partial charge in [-0.25, -0.2) is 9.13 Å². The van der Waals surface area contributed by atoms with Gasteiger partial charge < -0.3 is 24.2 Å². The fourth-order valence-electron chi connectivity index (χ4n) is 7.59. The Kier molecular flexibility index (Phi) is 35.7. The second kappa shape index (κ2) is 35.6. The van der Waals surface area contributed by atoms with Crippen LogP contribution < -0.4 is 0 Å². The van der Waals surface area contributed by atoms with Crippen molar-refractivity contribution < 1.29 is 46.9 Å². The van der Waals surface area contributed by atoms with Crippen molar-refractivity contribution in [1.29, 1.82) is 0 Å². The first kappa shape index (κ1) is 58.1. The molecule has 0 saturated heterocycles. The molecule has 0 aromatic heterocycles. The van der Waals surface area contributed by atoms with Crippen molar-refractivity contribution in [3.63, 3.8) is 0 Å². The van der Waals surface area contributed by atoms with Crippen LogP contribution in [0.25, 0.3) is 0 Å². The van der Waals surface area contributed by atoms with E-state index in [9.17, 15) is 14.0 Å². The van der Waals surface area contributed by atoms with Gasteiger partial charge in [0.05, 0.1) is 26.4 Å². The van der Waals surface area contributed by atoms with Gasteiger partial charge in [-0.3, -0.25) is 13.6 Å². The van der Waals surface area contributed by atoms with Gasteiger partial charge in [-0.05, 0) is 66.6 Å². The average Bonchev–Trinajstić information content (AvgIpc) is 3.11. The van der Waals surface area contributed by atoms with Gasteiger partial charge in [0.15, 0.2) is 0 Å². The topological polar surface area (TPSA) is 141 Å². The van der Waals surface area contributed by atoms with Crippen LogP contribution in [0.4, 0.5) is 0 Å². The van der Waals surface area contributed by atoms with Gasteiger partial charge in [-0.15, -0.1) is 0 Å². The minimum atomic E-state index is -4.61. The molecule has 0 aliphatic heterocycles. The Morgan fingerprint density at radius 3 is 1.10 bits per heavy atom. The highest BCUT2D eigenvalue weighted by molar-refractivity contribution is 7.47. The smallest absolute Gasteiger partial charge is 0.379 e. The minimum absolute atomic E-state index is 0.0194. The van der Waals surface area contributed by atoms with Gasteiger partial charge in [-0.1, -0.05) is 185 Å². The fraction of sp³-hybridized carbons (Fsp3) is 1.00. The van der Waals surface area contributed by atoms with E-state index >= 15 is 0 Å². The van der Waals surface area contributed by atoms with E-state index in [1.54, 1.807) is 0 Å². The zero-order valence-electron chi connectivity index (χ0n) is 39.4. The molecule has 0 fully saturated rings. The van der Waals surface area contributed by atoms with Gasteiger partial charge in [0, 0.05) is 13.2 Å². The largest absolute Gasteiger partial charge is 0.472 e. The molecule has 58 heavy (non-hydrogen) atoms. The van der Waals surface area contributed by atoms with Crippen molar-refractivity contribution in [2.45, 2.75) is 210 Å². The molecule has 8 unspecified atom stereocenters. The Bertz CT molecular complexity index is 1020. The Labute approximate surface area is 358 Å². The molecule has 0 heterocycles. The Balaban J connectivity index is 4.61. The molecule has 0 amide bonds. The number of rotatable bonds is 42. The lowest BCUT2D eigenvalue weighted by atomic mass is 9.91. The number of hydrogen-bond acceptors (Lipinski definition) is 7. The van der Waals surface area contributed by atoms with Crippen LogP contribution in [0.1, 0.15) is 204 Å². The summed E-state index contributed by atoms with van der Waals surface area (Å²) in [6.07, 6.45) is 24.7. The van der Waals surface area contributed by atoms with E-state index in [2.05, 4.69) is 73.8 Å². The quantitative estimate of drug-likeness (QED) is 0.0401. The van der Waals surface area contributed by atoms with E-state index in [0.29, 0.717) is 25.0 Å². The SMILES string of the molecule is CC(C)CCCC(C)CCCC(C)CCCC(C)CCOCC(COP(=O)(O)OCCCOP(=O)(O)O)OCCC(C)CCCC(C)CCCC(C)CCCC(C)C. The lowest BCUT2D eigenvalue weighted by Gasteiger charge is -2.22. The summed E-state index contributed by atoms with van der Waals surface area (Å²) >= 11 is 0. The van der Waals surface area contributed by atoms with E-state index in [-0.39, 0.29) is 32.8 Å². The molecule has 10 nitrogen and oxygen atoms in total. The van der Waals surface area contributed by atoms with Crippen molar-refractivity contribution in [3.8, 4) is 0 Å². The molecule has 3 N–H and O–H groups in total. The molecule has 0 spiro atoms. The molecular weight excluding hydrogens is 774 g/mol. The molecular formula is C46H96O10P2. The van der Waals surface area contributed by atoms with Crippen molar-refractivity contribution in [1.82, 2.24) is 0 Å². The predicted molar refractivity (Wildman–Crippen MR) is 242 cm³/mol. The summed E-state index contributed by atoms with van der Waals surface area (Å²) in [7, 11) is -9.01. The van der Waals surface area contributed by atoms with Crippen LogP contribution in [0, 0.1) is 47.3 Å². The maximum atomic E-state index is 12.5. The van der Waals surface area contributed by atoms with E-state index in [1.807, 2.05) is 0 Å². The third-order valence-electron chi connectivity index (χ3n) is 11.8. The van der Waals surface area contributed by atoms with Crippen LogP contribution in [0.3, 0.4) is 0 Å². The van der Waals surface area contributed by atoms with Crippen LogP contribution in [0.15, 0.2) is 0 Å². The molecule has 0 aromatic rings. The molecule has 0 aliphatic rings. The highest BCUT2D eigenvalue weighted by Gasteiger charge is 2.24. The van der Waals surface area contributed by atoms with E-state index in [1.165, 1.54) is 109 Å². The highest BCUT2D eigenvalue weighted by Crippen LogP contribution is 2.43. The second-order valence-corrected chi connectivity index (χ2v) is 22.1. The van der Waals surface area contributed by atoms with Gasteiger partial charge in [0.25, 0.3) is 0 Å². The molecule has 0 radical (unpaired) electrons. The lowest BCUT2D eigenvalue weighted by molar-refractivity contribution is -0.0476. The van der Waals surface area contributed by atoms with Crippen molar-refractivity contribution in [2.24, 2.45) is 47.3 Å². The summed E-state index contributed by atoms with van der Waals surface area (Å²) < 4.78 is 50.2. The van der Waals surface area contributed by atoms with Gasteiger partial charge in [0.2, 0.25) is 0 Å². The summed E-state index contributed by atoms with van der Waals surface area (Å²) in [5, 5.41) is 0. The van der Waals surface area contributed by atoms with E-state index in [4.69, 9.17) is 28.3 Å². The summed E-state index contributed by atoms with van der Waals surface area (Å²) in [5.41, 5.74) is 0. The van der Waals surface area contributed by atoms with E-state index in [0.717, 1.165) is 54.8 Å². The number of hydrogen-bond donors (Lipinski definition) is 3. The molecule has 350 valence electrons. The molecule has 0 rings (SSSR count). The summed E-state index contributed by atoms with van der Waals surface area (Å²) in [4.78, 5) is 27.8. The standard InChI is InChI=1S/C46H96O10P2/c1-38(2)18-11-20-40(5)22-13-24-42(7)26-15-28-44(9)30-34-52-36-46(37-56-58(50,51)55-33-17-32-54-57(47,48)49)53-35-31-45(10)29-16-27-43(8)25-14-23-41(6)21-12-19-39(3)4/h38-46H,11-37H2,1-10H3,(H,50,51)(H2,47,48,49). The van der Waals surface area contributed by atoms with Crippen LogP contribution in [-0.4, -0.2) is 60.4 Å². The number of phosphoric ester groups is 2. The zero-order chi connectivity index (χ0) is 43.8. The Morgan fingerprint density at radius 2 is 0.724 bits per heavy atom. The lowest BCUT2D eigenvalue weighted by Crippen LogP contribution is -2.27. The van der Waals surface area contributed by atoms with Gasteiger partial charge in [-0.2, -0.15) is 0 Å². The molecule has 0 saturated carbocycles. The first-order valence-electron chi connectivity index (χ1n) is 23.8. The minimum Gasteiger partial charge on any atom is -0.379 e. The fourth-order valence-corrected chi connectivity index (χ4v) is 8.75. The molecule has 0 bridgehead atoms. The molecule has 8 atom stereocenters. The van der Waals surface area contributed by atoms with Crippen molar-refractivity contribution >= 4 is 15.6 Å². The normalized spacial score (nSPS) is 17.3. The first-order chi connectivity index (χ1) is 27.3. The number of ether oxygens (including phenoxy) is 2. The third-order valence-corrected chi connectivity index (χ3v) is 13.3. The van der Waals surface area contributed by atoms with E-state index < -0.39 is 21.7 Å².